The van der Waals surface area contributed by atoms with Gasteiger partial charge in [-0.1, -0.05) is 48.5 Å². The highest BCUT2D eigenvalue weighted by atomic mass is 16.3. The van der Waals surface area contributed by atoms with E-state index in [1.54, 1.807) is 24.1 Å². The molecule has 1 amide bonds. The van der Waals surface area contributed by atoms with Crippen molar-refractivity contribution in [2.75, 3.05) is 27.7 Å². The van der Waals surface area contributed by atoms with Crippen LogP contribution in [-0.2, 0) is 6.54 Å². The number of aliphatic imine (C=N–C) groups is 1. The zero-order valence-corrected chi connectivity index (χ0v) is 20.0. The van der Waals surface area contributed by atoms with E-state index in [1.165, 1.54) is 5.56 Å². The summed E-state index contributed by atoms with van der Waals surface area (Å²) in [5.74, 6) is -0.0370. The first-order valence-electron chi connectivity index (χ1n) is 11.4. The van der Waals surface area contributed by atoms with Gasteiger partial charge in [0.25, 0.3) is 5.91 Å². The first kappa shape index (κ1) is 23.3. The van der Waals surface area contributed by atoms with Crippen molar-refractivity contribution in [2.45, 2.75) is 13.5 Å². The second-order valence-corrected chi connectivity index (χ2v) is 8.66. The van der Waals surface area contributed by atoms with Gasteiger partial charge in [-0.05, 0) is 50.8 Å². The molecule has 4 aromatic rings. The number of benzene rings is 3. The Kier molecular flexibility index (Phi) is 6.80. The summed E-state index contributed by atoms with van der Waals surface area (Å²) in [5.41, 5.74) is 5.42. The van der Waals surface area contributed by atoms with Gasteiger partial charge in [0.2, 0.25) is 0 Å². The Morgan fingerprint density at radius 1 is 0.941 bits per heavy atom. The van der Waals surface area contributed by atoms with Crippen LogP contribution in [0.5, 0.6) is 5.88 Å². The number of H-pyrrole nitrogens is 1. The van der Waals surface area contributed by atoms with E-state index >= 15 is 0 Å². The van der Waals surface area contributed by atoms with Crippen molar-refractivity contribution >= 4 is 28.2 Å². The van der Waals surface area contributed by atoms with Gasteiger partial charge in [0, 0.05) is 42.2 Å². The minimum atomic E-state index is -0.0604. The number of carbonyl (C=O) groups is 1. The number of hydrogen-bond acceptors (Lipinski definition) is 4. The molecule has 0 unspecified atom stereocenters. The SMILES string of the molecule is CCN(C)C(=O)c1ccc2c(C(=Nc3ccc(CN(C)C)cc3)c3ccccc3)c(O)[nH]c2c1. The molecule has 0 aliphatic rings. The Morgan fingerprint density at radius 3 is 2.29 bits per heavy atom. The van der Waals surface area contributed by atoms with E-state index in [0.29, 0.717) is 28.9 Å². The van der Waals surface area contributed by atoms with E-state index in [9.17, 15) is 9.90 Å². The fourth-order valence-corrected chi connectivity index (χ4v) is 3.95. The zero-order chi connectivity index (χ0) is 24.2. The van der Waals surface area contributed by atoms with Crippen LogP contribution in [-0.4, -0.2) is 59.2 Å². The van der Waals surface area contributed by atoms with Crippen molar-refractivity contribution < 1.29 is 9.90 Å². The molecule has 0 saturated carbocycles. The third-order valence-corrected chi connectivity index (χ3v) is 5.81. The molecule has 0 radical (unpaired) electrons. The molecule has 6 heteroatoms. The number of hydrogen-bond donors (Lipinski definition) is 2. The number of nitrogens with one attached hydrogen (secondary N) is 1. The van der Waals surface area contributed by atoms with Crippen LogP contribution in [0.2, 0.25) is 0 Å². The summed E-state index contributed by atoms with van der Waals surface area (Å²) in [6.45, 7) is 3.41. The molecule has 0 fully saturated rings. The molecule has 1 heterocycles. The number of nitrogens with zero attached hydrogens (tertiary/aromatic N) is 3. The lowest BCUT2D eigenvalue weighted by Crippen LogP contribution is -2.26. The number of carbonyl (C=O) groups excluding carboxylic acids is 1. The van der Waals surface area contributed by atoms with Gasteiger partial charge >= 0.3 is 0 Å². The lowest BCUT2D eigenvalue weighted by atomic mass is 10.00. The van der Waals surface area contributed by atoms with Crippen molar-refractivity contribution in [3.8, 4) is 5.88 Å². The summed E-state index contributed by atoms with van der Waals surface area (Å²) in [7, 11) is 5.85. The van der Waals surface area contributed by atoms with E-state index in [4.69, 9.17) is 4.99 Å². The molecule has 0 bridgehead atoms. The lowest BCUT2D eigenvalue weighted by molar-refractivity contribution is 0.0802. The molecular weight excluding hydrogens is 424 g/mol. The van der Waals surface area contributed by atoms with Gasteiger partial charge < -0.3 is 19.9 Å². The predicted octanol–water partition coefficient (Wildman–Crippen LogP) is 5.20. The molecule has 4 rings (SSSR count). The Labute approximate surface area is 200 Å². The maximum atomic E-state index is 12.6. The molecule has 174 valence electrons. The first-order valence-corrected chi connectivity index (χ1v) is 11.4. The van der Waals surface area contributed by atoms with E-state index in [0.717, 1.165) is 23.2 Å². The molecule has 0 aliphatic heterocycles. The second-order valence-electron chi connectivity index (χ2n) is 8.66. The average molecular weight is 455 g/mol. The highest BCUT2D eigenvalue weighted by molar-refractivity contribution is 6.22. The van der Waals surface area contributed by atoms with E-state index in [2.05, 4.69) is 22.0 Å². The number of aromatic nitrogens is 1. The molecular formula is C28H30N4O2. The summed E-state index contributed by atoms with van der Waals surface area (Å²) in [6, 6.07) is 23.4. The maximum absolute atomic E-state index is 12.6. The zero-order valence-electron chi connectivity index (χ0n) is 20.0. The monoisotopic (exact) mass is 454 g/mol. The molecule has 0 aliphatic carbocycles. The topological polar surface area (TPSA) is 71.9 Å². The molecule has 0 saturated heterocycles. The van der Waals surface area contributed by atoms with Gasteiger partial charge in [-0.3, -0.25) is 4.79 Å². The number of amides is 1. The van der Waals surface area contributed by atoms with Gasteiger partial charge in [-0.2, -0.15) is 0 Å². The molecule has 0 atom stereocenters. The summed E-state index contributed by atoms with van der Waals surface area (Å²) < 4.78 is 0. The van der Waals surface area contributed by atoms with Crippen LogP contribution in [0, 0.1) is 0 Å². The minimum absolute atomic E-state index is 0.0234. The number of rotatable bonds is 7. The van der Waals surface area contributed by atoms with Gasteiger partial charge in [0.05, 0.1) is 17.0 Å². The molecule has 34 heavy (non-hydrogen) atoms. The Morgan fingerprint density at radius 2 is 1.65 bits per heavy atom. The minimum Gasteiger partial charge on any atom is -0.494 e. The van der Waals surface area contributed by atoms with Crippen LogP contribution in [0.1, 0.15) is 34.0 Å². The molecule has 2 N–H and O–H groups in total. The highest BCUT2D eigenvalue weighted by Gasteiger charge is 2.20. The van der Waals surface area contributed by atoms with E-state index in [-0.39, 0.29) is 11.8 Å². The Hall–Kier alpha value is -3.90. The van der Waals surface area contributed by atoms with Gasteiger partial charge in [0.15, 0.2) is 5.88 Å². The summed E-state index contributed by atoms with van der Waals surface area (Å²) >= 11 is 0. The Bertz CT molecular complexity index is 1320. The standard InChI is InChI=1S/C28H30N4O2/c1-5-32(4)28(34)21-13-16-23-24(17-21)30-27(33)25(23)26(20-9-7-6-8-10-20)29-22-14-11-19(12-15-22)18-31(2)3/h6-17,30,33H,5,18H2,1-4H3. The van der Waals surface area contributed by atoms with Crippen LogP contribution in [0.25, 0.3) is 10.9 Å². The fraction of sp³-hybridized carbons (Fsp3) is 0.214. The molecule has 1 aromatic heterocycles. The largest absolute Gasteiger partial charge is 0.494 e. The highest BCUT2D eigenvalue weighted by Crippen LogP contribution is 2.32. The Balaban J connectivity index is 1.82. The van der Waals surface area contributed by atoms with Gasteiger partial charge in [-0.15, -0.1) is 0 Å². The first-order chi connectivity index (χ1) is 16.4. The molecule has 0 spiro atoms. The second kappa shape index (κ2) is 9.93. The van der Waals surface area contributed by atoms with Crippen LogP contribution in [0.3, 0.4) is 0 Å². The summed E-state index contributed by atoms with van der Waals surface area (Å²) in [5, 5.41) is 11.7. The fourth-order valence-electron chi connectivity index (χ4n) is 3.95. The average Bonchev–Trinajstić information content (AvgIpc) is 3.17. The van der Waals surface area contributed by atoms with Gasteiger partial charge in [-0.25, -0.2) is 4.99 Å². The number of fused-ring (bicyclic) bond motifs is 1. The van der Waals surface area contributed by atoms with E-state index < -0.39 is 0 Å². The van der Waals surface area contributed by atoms with Crippen LogP contribution in [0.4, 0.5) is 5.69 Å². The van der Waals surface area contributed by atoms with Crippen molar-refractivity contribution in [2.24, 2.45) is 4.99 Å². The summed E-state index contributed by atoms with van der Waals surface area (Å²) in [6.07, 6.45) is 0. The van der Waals surface area contributed by atoms with E-state index in [1.807, 2.05) is 69.6 Å². The molecule has 6 nitrogen and oxygen atoms in total. The maximum Gasteiger partial charge on any atom is 0.253 e. The smallest absolute Gasteiger partial charge is 0.253 e. The van der Waals surface area contributed by atoms with Crippen molar-refractivity contribution in [3.63, 3.8) is 0 Å². The van der Waals surface area contributed by atoms with Gasteiger partial charge in [0.1, 0.15) is 0 Å². The van der Waals surface area contributed by atoms with Crippen LogP contribution < -0.4 is 0 Å². The quantitative estimate of drug-likeness (QED) is 0.377. The number of aromatic hydroxyl groups is 1. The van der Waals surface area contributed by atoms with Crippen LogP contribution >= 0.6 is 0 Å². The van der Waals surface area contributed by atoms with Crippen molar-refractivity contribution in [1.29, 1.82) is 0 Å². The van der Waals surface area contributed by atoms with Crippen molar-refractivity contribution in [3.05, 3.63) is 95.1 Å². The van der Waals surface area contributed by atoms with Crippen LogP contribution in [0.15, 0.2) is 77.8 Å². The van der Waals surface area contributed by atoms with Crippen molar-refractivity contribution in [1.82, 2.24) is 14.8 Å². The third kappa shape index (κ3) is 4.87. The summed E-state index contributed by atoms with van der Waals surface area (Å²) in [4.78, 5) is 24.4. The normalized spacial score (nSPS) is 11.9. The number of aromatic amines is 1. The molecule has 3 aromatic carbocycles. The lowest BCUT2D eigenvalue weighted by Gasteiger charge is -2.14. The predicted molar refractivity (Wildman–Crippen MR) is 138 cm³/mol. The third-order valence-electron chi connectivity index (χ3n) is 5.81.